The van der Waals surface area contributed by atoms with Crippen molar-refractivity contribution in [2.24, 2.45) is 0 Å². The van der Waals surface area contributed by atoms with E-state index in [9.17, 15) is 18.0 Å². The Bertz CT molecular complexity index is 565. The predicted octanol–water partition coefficient (Wildman–Crippen LogP) is 2.09. The molecule has 2 heterocycles. The van der Waals surface area contributed by atoms with E-state index in [1.54, 1.807) is 12.1 Å². The maximum Gasteiger partial charge on any atom is 0.408 e. The molecule has 0 radical (unpaired) electrons. The van der Waals surface area contributed by atoms with E-state index < -0.39 is 18.6 Å². The summed E-state index contributed by atoms with van der Waals surface area (Å²) < 4.78 is 37.1. The Morgan fingerprint density at radius 2 is 2.16 bits per heavy atom. The summed E-state index contributed by atoms with van der Waals surface area (Å²) in [5.41, 5.74) is 0.504. The summed E-state index contributed by atoms with van der Waals surface area (Å²) in [5.74, 6) is -0.459. The second kappa shape index (κ2) is 5.09. The van der Waals surface area contributed by atoms with Crippen molar-refractivity contribution in [2.45, 2.75) is 12.7 Å². The van der Waals surface area contributed by atoms with Crippen molar-refractivity contribution in [3.8, 4) is 0 Å². The first kappa shape index (κ1) is 13.1. The number of alkyl halides is 3. The van der Waals surface area contributed by atoms with Gasteiger partial charge in [0.05, 0.1) is 17.4 Å². The molecule has 0 aliphatic rings. The Morgan fingerprint density at radius 3 is 2.79 bits per heavy atom. The van der Waals surface area contributed by atoms with Crippen LogP contribution < -0.4 is 5.32 Å². The van der Waals surface area contributed by atoms with Gasteiger partial charge in [0, 0.05) is 18.6 Å². The minimum atomic E-state index is -4.35. The molecule has 100 valence electrons. The fraction of sp³-hybridized carbons (Fsp3) is 0.182. The molecule has 19 heavy (non-hydrogen) atoms. The molecule has 0 bridgehead atoms. The number of carbonyl (C=O) groups excluding carboxylic acids is 1. The number of hydrogen-bond acceptors (Lipinski definition) is 3. The average Bonchev–Trinajstić information content (AvgIpc) is 2.75. The SMILES string of the molecule is O=C(Nc1cnn(CC(F)(F)F)c1)c1cccnc1. The number of carbonyl (C=O) groups is 1. The largest absolute Gasteiger partial charge is 0.408 e. The summed E-state index contributed by atoms with van der Waals surface area (Å²) in [6.07, 6.45) is 0.784. The third kappa shape index (κ3) is 3.80. The zero-order valence-corrected chi connectivity index (χ0v) is 9.55. The third-order valence-electron chi connectivity index (χ3n) is 2.16. The summed E-state index contributed by atoms with van der Waals surface area (Å²) in [6.45, 7) is -1.20. The first-order chi connectivity index (χ1) is 8.94. The number of aromatic nitrogens is 3. The molecule has 0 aliphatic carbocycles. The van der Waals surface area contributed by atoms with Gasteiger partial charge in [-0.15, -0.1) is 0 Å². The van der Waals surface area contributed by atoms with Crippen molar-refractivity contribution in [1.29, 1.82) is 0 Å². The number of anilines is 1. The van der Waals surface area contributed by atoms with Crippen molar-refractivity contribution in [3.05, 3.63) is 42.5 Å². The lowest BCUT2D eigenvalue weighted by molar-refractivity contribution is -0.142. The summed E-state index contributed by atoms with van der Waals surface area (Å²) in [5, 5.41) is 5.95. The number of hydrogen-bond donors (Lipinski definition) is 1. The summed E-state index contributed by atoms with van der Waals surface area (Å²) in [7, 11) is 0. The van der Waals surface area contributed by atoms with Gasteiger partial charge in [-0.05, 0) is 12.1 Å². The smallest absolute Gasteiger partial charge is 0.319 e. The predicted molar refractivity (Wildman–Crippen MR) is 60.5 cm³/mol. The van der Waals surface area contributed by atoms with Gasteiger partial charge in [-0.2, -0.15) is 18.3 Å². The molecule has 2 aromatic heterocycles. The molecule has 0 aromatic carbocycles. The van der Waals surface area contributed by atoms with Gasteiger partial charge in [-0.1, -0.05) is 0 Å². The Balaban J connectivity index is 2.03. The Labute approximate surface area is 106 Å². The van der Waals surface area contributed by atoms with Crippen LogP contribution in [0.3, 0.4) is 0 Å². The van der Waals surface area contributed by atoms with Crippen molar-refractivity contribution >= 4 is 11.6 Å². The van der Waals surface area contributed by atoms with E-state index in [-0.39, 0.29) is 5.69 Å². The number of pyridine rings is 1. The molecular weight excluding hydrogens is 261 g/mol. The van der Waals surface area contributed by atoms with E-state index >= 15 is 0 Å². The molecule has 1 N–H and O–H groups in total. The van der Waals surface area contributed by atoms with Crippen LogP contribution in [0.2, 0.25) is 0 Å². The van der Waals surface area contributed by atoms with Gasteiger partial charge in [0.25, 0.3) is 5.91 Å². The lowest BCUT2D eigenvalue weighted by Gasteiger charge is -2.05. The molecule has 2 rings (SSSR count). The lowest BCUT2D eigenvalue weighted by atomic mass is 10.3. The van der Waals surface area contributed by atoms with E-state index in [1.165, 1.54) is 12.4 Å². The molecule has 8 heteroatoms. The molecular formula is C11H9F3N4O. The Kier molecular flexibility index (Phi) is 3.50. The third-order valence-corrected chi connectivity index (χ3v) is 2.16. The van der Waals surface area contributed by atoms with E-state index in [0.29, 0.717) is 10.2 Å². The number of rotatable bonds is 3. The highest BCUT2D eigenvalue weighted by Crippen LogP contribution is 2.18. The number of halogens is 3. The van der Waals surface area contributed by atoms with Crippen molar-refractivity contribution in [1.82, 2.24) is 14.8 Å². The van der Waals surface area contributed by atoms with Crippen LogP contribution >= 0.6 is 0 Å². The monoisotopic (exact) mass is 270 g/mol. The maximum absolute atomic E-state index is 12.1. The van der Waals surface area contributed by atoms with E-state index in [4.69, 9.17) is 0 Å². The zero-order valence-electron chi connectivity index (χ0n) is 9.55. The molecule has 0 saturated heterocycles. The van der Waals surface area contributed by atoms with Crippen molar-refractivity contribution in [3.63, 3.8) is 0 Å². The van der Waals surface area contributed by atoms with E-state index in [0.717, 1.165) is 12.4 Å². The minimum absolute atomic E-state index is 0.193. The summed E-state index contributed by atoms with van der Waals surface area (Å²) in [4.78, 5) is 15.5. The van der Waals surface area contributed by atoms with Gasteiger partial charge in [-0.3, -0.25) is 14.5 Å². The topological polar surface area (TPSA) is 59.8 Å². The van der Waals surface area contributed by atoms with Crippen LogP contribution in [0.5, 0.6) is 0 Å². The first-order valence-electron chi connectivity index (χ1n) is 5.25. The first-order valence-corrected chi connectivity index (χ1v) is 5.25. The van der Waals surface area contributed by atoms with Crippen LogP contribution in [-0.4, -0.2) is 26.8 Å². The van der Waals surface area contributed by atoms with Gasteiger partial charge in [0.2, 0.25) is 0 Å². The highest BCUT2D eigenvalue weighted by atomic mass is 19.4. The molecule has 5 nitrogen and oxygen atoms in total. The van der Waals surface area contributed by atoms with E-state index in [1.807, 2.05) is 0 Å². The number of nitrogens with zero attached hydrogens (tertiary/aromatic N) is 3. The molecule has 1 amide bonds. The highest BCUT2D eigenvalue weighted by molar-refractivity contribution is 6.03. The molecule has 0 spiro atoms. The zero-order chi connectivity index (χ0) is 13.9. The highest BCUT2D eigenvalue weighted by Gasteiger charge is 2.28. The average molecular weight is 270 g/mol. The normalized spacial score (nSPS) is 11.3. The quantitative estimate of drug-likeness (QED) is 0.929. The van der Waals surface area contributed by atoms with Crippen molar-refractivity contribution < 1.29 is 18.0 Å². The van der Waals surface area contributed by atoms with Gasteiger partial charge in [0.15, 0.2) is 0 Å². The molecule has 0 saturated carbocycles. The second-order valence-electron chi connectivity index (χ2n) is 3.74. The fourth-order valence-electron chi connectivity index (χ4n) is 1.40. The second-order valence-corrected chi connectivity index (χ2v) is 3.74. The standard InChI is InChI=1S/C11H9F3N4O/c12-11(13,14)7-18-6-9(5-16-18)17-10(19)8-2-1-3-15-4-8/h1-6H,7H2,(H,17,19). The maximum atomic E-state index is 12.1. The van der Waals surface area contributed by atoms with Gasteiger partial charge in [-0.25, -0.2) is 0 Å². The Morgan fingerprint density at radius 1 is 1.37 bits per heavy atom. The molecule has 0 atom stereocenters. The Hall–Kier alpha value is -2.38. The van der Waals surface area contributed by atoms with E-state index in [2.05, 4.69) is 15.4 Å². The van der Waals surface area contributed by atoms with Crippen LogP contribution in [0.1, 0.15) is 10.4 Å². The fourth-order valence-corrected chi connectivity index (χ4v) is 1.40. The summed E-state index contributed by atoms with van der Waals surface area (Å²) >= 11 is 0. The van der Waals surface area contributed by atoms with Crippen LogP contribution in [-0.2, 0) is 6.54 Å². The van der Waals surface area contributed by atoms with Crippen molar-refractivity contribution in [2.75, 3.05) is 5.32 Å². The van der Waals surface area contributed by atoms with Gasteiger partial charge >= 0.3 is 6.18 Å². The number of amides is 1. The molecule has 0 fully saturated rings. The molecule has 0 unspecified atom stereocenters. The van der Waals surface area contributed by atoms with Crippen LogP contribution in [0, 0.1) is 0 Å². The molecule has 0 aliphatic heterocycles. The summed E-state index contributed by atoms with van der Waals surface area (Å²) in [6, 6.07) is 3.13. The van der Waals surface area contributed by atoms with Crippen LogP contribution in [0.4, 0.5) is 18.9 Å². The lowest BCUT2D eigenvalue weighted by Crippen LogP contribution is -2.18. The number of nitrogens with one attached hydrogen (secondary N) is 1. The van der Waals surface area contributed by atoms with Gasteiger partial charge in [0.1, 0.15) is 6.54 Å². The van der Waals surface area contributed by atoms with Gasteiger partial charge < -0.3 is 5.32 Å². The van der Waals surface area contributed by atoms with Crippen LogP contribution in [0.15, 0.2) is 36.9 Å². The minimum Gasteiger partial charge on any atom is -0.319 e. The van der Waals surface area contributed by atoms with Crippen LogP contribution in [0.25, 0.3) is 0 Å². The molecule has 2 aromatic rings.